The third-order valence-electron chi connectivity index (χ3n) is 2.94. The van der Waals surface area contributed by atoms with Gasteiger partial charge in [-0.1, -0.05) is 12.1 Å². The number of aromatic nitrogens is 3. The number of aryl methyl sites for hydroxylation is 3. The van der Waals surface area contributed by atoms with Crippen molar-refractivity contribution in [3.05, 3.63) is 35.0 Å². The van der Waals surface area contributed by atoms with E-state index in [9.17, 15) is 0 Å². The Bertz CT molecular complexity index is 516. The smallest absolute Gasteiger partial charge is 0.106 e. The van der Waals surface area contributed by atoms with E-state index in [2.05, 4.69) is 22.7 Å². The number of nitrogens with one attached hydrogen (secondary N) is 1. The lowest BCUT2D eigenvalue weighted by Crippen LogP contribution is -2.31. The molecule has 0 saturated carbocycles. The molecule has 2 heterocycles. The van der Waals surface area contributed by atoms with Gasteiger partial charge in [0.1, 0.15) is 11.5 Å². The van der Waals surface area contributed by atoms with Crippen LogP contribution in [-0.2, 0) is 6.54 Å². The summed E-state index contributed by atoms with van der Waals surface area (Å²) in [5.41, 5.74) is 4.78. The summed E-state index contributed by atoms with van der Waals surface area (Å²) in [6.07, 6.45) is 2.74. The van der Waals surface area contributed by atoms with Crippen molar-refractivity contribution in [2.45, 2.75) is 39.8 Å². The van der Waals surface area contributed by atoms with E-state index >= 15 is 0 Å². The predicted octanol–water partition coefficient (Wildman–Crippen LogP) is 1.45. The van der Waals surface area contributed by atoms with Crippen LogP contribution in [0.3, 0.4) is 0 Å². The van der Waals surface area contributed by atoms with Crippen molar-refractivity contribution in [3.63, 3.8) is 0 Å². The van der Waals surface area contributed by atoms with Gasteiger partial charge in [0.2, 0.25) is 0 Å². The molecule has 1 unspecified atom stereocenters. The average Bonchev–Trinajstić information content (AvgIpc) is 2.89. The molecule has 0 aliphatic rings. The first kappa shape index (κ1) is 12.8. The van der Waals surface area contributed by atoms with Crippen molar-refractivity contribution in [1.29, 1.82) is 0 Å². The molecule has 0 fully saturated rings. The average molecular weight is 249 g/mol. The van der Waals surface area contributed by atoms with E-state index in [0.29, 0.717) is 0 Å². The van der Waals surface area contributed by atoms with Crippen LogP contribution >= 0.6 is 0 Å². The zero-order valence-electron chi connectivity index (χ0n) is 11.0. The van der Waals surface area contributed by atoms with Crippen molar-refractivity contribution in [2.24, 2.45) is 5.84 Å². The summed E-state index contributed by atoms with van der Waals surface area (Å²) in [5, 5.41) is 8.04. The lowest BCUT2D eigenvalue weighted by Gasteiger charge is -2.16. The molecule has 0 bridgehead atoms. The fourth-order valence-corrected chi connectivity index (χ4v) is 2.15. The Labute approximate surface area is 106 Å². The van der Waals surface area contributed by atoms with Crippen LogP contribution in [0.1, 0.15) is 42.2 Å². The molecule has 0 aromatic carbocycles. The third kappa shape index (κ3) is 2.30. The van der Waals surface area contributed by atoms with Crippen LogP contribution in [0.2, 0.25) is 0 Å². The Hall–Kier alpha value is -1.66. The summed E-state index contributed by atoms with van der Waals surface area (Å²) in [6, 6.07) is 1.84. The number of rotatable bonds is 5. The highest BCUT2D eigenvalue weighted by atomic mass is 16.3. The molecule has 2 rings (SSSR count). The molecule has 0 aliphatic carbocycles. The topological polar surface area (TPSA) is 81.9 Å². The van der Waals surface area contributed by atoms with Crippen LogP contribution in [0.5, 0.6) is 0 Å². The van der Waals surface area contributed by atoms with Gasteiger partial charge in [-0.15, -0.1) is 5.10 Å². The summed E-state index contributed by atoms with van der Waals surface area (Å²) in [4.78, 5) is 0. The Morgan fingerprint density at radius 1 is 1.50 bits per heavy atom. The summed E-state index contributed by atoms with van der Waals surface area (Å²) < 4.78 is 7.42. The van der Waals surface area contributed by atoms with Gasteiger partial charge in [0, 0.05) is 12.1 Å². The van der Waals surface area contributed by atoms with Gasteiger partial charge in [-0.2, -0.15) is 0 Å². The highest BCUT2D eigenvalue weighted by Crippen LogP contribution is 2.26. The quantitative estimate of drug-likeness (QED) is 0.619. The maximum Gasteiger partial charge on any atom is 0.106 e. The zero-order chi connectivity index (χ0) is 13.1. The number of hydrazine groups is 1. The van der Waals surface area contributed by atoms with E-state index in [4.69, 9.17) is 10.3 Å². The molecule has 0 amide bonds. The van der Waals surface area contributed by atoms with Gasteiger partial charge in [0.15, 0.2) is 0 Å². The summed E-state index contributed by atoms with van der Waals surface area (Å²) >= 11 is 0. The Morgan fingerprint density at radius 3 is 2.83 bits per heavy atom. The van der Waals surface area contributed by atoms with Crippen LogP contribution in [0, 0.1) is 13.8 Å². The van der Waals surface area contributed by atoms with E-state index in [1.165, 1.54) is 0 Å². The second kappa shape index (κ2) is 5.32. The van der Waals surface area contributed by atoms with Crippen molar-refractivity contribution in [3.8, 4) is 0 Å². The van der Waals surface area contributed by atoms with Crippen LogP contribution < -0.4 is 11.3 Å². The highest BCUT2D eigenvalue weighted by Gasteiger charge is 2.21. The first-order valence-electron chi connectivity index (χ1n) is 6.08. The molecule has 6 nitrogen and oxygen atoms in total. The minimum absolute atomic E-state index is 0.149. The minimum atomic E-state index is -0.149. The fraction of sp³-hybridized carbons (Fsp3) is 0.500. The molecule has 98 valence electrons. The molecule has 0 spiro atoms. The number of furan rings is 1. The van der Waals surface area contributed by atoms with Crippen LogP contribution in [0.4, 0.5) is 0 Å². The minimum Gasteiger partial charge on any atom is -0.466 e. The van der Waals surface area contributed by atoms with Crippen LogP contribution in [-0.4, -0.2) is 15.0 Å². The van der Waals surface area contributed by atoms with Gasteiger partial charge in [-0.05, 0) is 26.3 Å². The zero-order valence-corrected chi connectivity index (χ0v) is 11.0. The number of nitrogens with zero attached hydrogens (tertiary/aromatic N) is 3. The maximum absolute atomic E-state index is 5.68. The molecule has 0 aliphatic heterocycles. The van der Waals surface area contributed by atoms with Gasteiger partial charge < -0.3 is 4.42 Å². The highest BCUT2D eigenvalue weighted by molar-refractivity contribution is 5.30. The second-order valence-corrected chi connectivity index (χ2v) is 4.35. The molecule has 2 aromatic heterocycles. The van der Waals surface area contributed by atoms with Crippen molar-refractivity contribution in [1.82, 2.24) is 20.4 Å². The van der Waals surface area contributed by atoms with Crippen molar-refractivity contribution < 1.29 is 4.42 Å². The Kier molecular flexibility index (Phi) is 3.78. The number of hydrogen-bond acceptors (Lipinski definition) is 5. The third-order valence-corrected chi connectivity index (χ3v) is 2.94. The van der Waals surface area contributed by atoms with Crippen molar-refractivity contribution >= 4 is 0 Å². The monoisotopic (exact) mass is 249 g/mol. The molecule has 3 N–H and O–H groups in total. The first-order chi connectivity index (χ1) is 8.67. The van der Waals surface area contributed by atoms with Gasteiger partial charge in [-0.25, -0.2) is 10.1 Å². The van der Waals surface area contributed by atoms with Gasteiger partial charge in [0.05, 0.1) is 17.9 Å². The van der Waals surface area contributed by atoms with E-state index in [1.807, 2.05) is 24.6 Å². The Morgan fingerprint density at radius 2 is 2.28 bits per heavy atom. The fourth-order valence-electron chi connectivity index (χ4n) is 2.15. The molecule has 18 heavy (non-hydrogen) atoms. The van der Waals surface area contributed by atoms with Crippen LogP contribution in [0.25, 0.3) is 0 Å². The molecular weight excluding hydrogens is 230 g/mol. The molecule has 6 heteroatoms. The van der Waals surface area contributed by atoms with E-state index in [0.717, 1.165) is 35.7 Å². The molecular formula is C12H19N5O. The number of nitrogens with two attached hydrogens (primary N) is 1. The standard InChI is InChI=1S/C12H19N5O/c1-4-5-17-11(7-14-16-17)12(15-13)10-6-8(2)18-9(10)3/h6-7,12,15H,4-5,13H2,1-3H3. The Balaban J connectivity index is 2.39. The van der Waals surface area contributed by atoms with Crippen LogP contribution in [0.15, 0.2) is 16.7 Å². The van der Waals surface area contributed by atoms with Gasteiger partial charge in [0.25, 0.3) is 0 Å². The van der Waals surface area contributed by atoms with E-state index in [1.54, 1.807) is 6.20 Å². The molecule has 0 saturated heterocycles. The largest absolute Gasteiger partial charge is 0.466 e. The lowest BCUT2D eigenvalue weighted by molar-refractivity contribution is 0.483. The predicted molar refractivity (Wildman–Crippen MR) is 67.7 cm³/mol. The lowest BCUT2D eigenvalue weighted by atomic mass is 10.1. The number of hydrogen-bond donors (Lipinski definition) is 2. The summed E-state index contributed by atoms with van der Waals surface area (Å²) in [6.45, 7) is 6.78. The molecule has 1 atom stereocenters. The van der Waals surface area contributed by atoms with Gasteiger partial charge >= 0.3 is 0 Å². The van der Waals surface area contributed by atoms with E-state index in [-0.39, 0.29) is 6.04 Å². The summed E-state index contributed by atoms with van der Waals surface area (Å²) in [5.74, 6) is 7.41. The first-order valence-corrected chi connectivity index (χ1v) is 6.08. The molecule has 2 aromatic rings. The van der Waals surface area contributed by atoms with Crippen molar-refractivity contribution in [2.75, 3.05) is 0 Å². The SMILES string of the molecule is CCCn1nncc1C(NN)c1cc(C)oc1C. The normalized spacial score (nSPS) is 12.9. The molecule has 0 radical (unpaired) electrons. The second-order valence-electron chi connectivity index (χ2n) is 4.35. The maximum atomic E-state index is 5.68. The van der Waals surface area contributed by atoms with Gasteiger partial charge in [-0.3, -0.25) is 5.84 Å². The van der Waals surface area contributed by atoms with E-state index < -0.39 is 0 Å². The summed E-state index contributed by atoms with van der Waals surface area (Å²) in [7, 11) is 0.